The second-order valence-corrected chi connectivity index (χ2v) is 14.1. The van der Waals surface area contributed by atoms with E-state index in [0.717, 1.165) is 10.6 Å². The minimum Gasteiger partial charge on any atom is -0.309 e. The van der Waals surface area contributed by atoms with Crippen LogP contribution < -0.4 is 20.7 Å². The number of aromatic nitrogens is 4. The number of hydrogen-bond acceptors (Lipinski definition) is 3. The second-order valence-electron chi connectivity index (χ2n) is 10.6. The van der Waals surface area contributed by atoms with E-state index in [4.69, 9.17) is 23.3 Å². The summed E-state index contributed by atoms with van der Waals surface area (Å²) in [5.74, 6) is -2.70. The van der Waals surface area contributed by atoms with Crippen molar-refractivity contribution in [3.05, 3.63) is 181 Å². The quantitative estimate of drug-likeness (QED) is 0.175. The van der Waals surface area contributed by atoms with Crippen LogP contribution in [0.3, 0.4) is 0 Å². The van der Waals surface area contributed by atoms with Gasteiger partial charge in [-0.2, -0.15) is 0 Å². The van der Waals surface area contributed by atoms with Gasteiger partial charge in [0.05, 0.1) is 50.8 Å². The van der Waals surface area contributed by atoms with Crippen molar-refractivity contribution in [2.75, 3.05) is 0 Å². The molecule has 3 heterocycles. The predicted molar refractivity (Wildman–Crippen MR) is 208 cm³/mol. The van der Waals surface area contributed by atoms with Gasteiger partial charge >= 0.3 is 0 Å². The molecule has 4 nitrogen and oxygen atoms in total. The Morgan fingerprint density at radius 3 is 1.82 bits per heavy atom. The average Bonchev–Trinajstić information content (AvgIpc) is 3.52. The van der Waals surface area contributed by atoms with Crippen molar-refractivity contribution in [2.45, 2.75) is 0 Å². The first-order chi connectivity index (χ1) is 36.8. The lowest BCUT2D eigenvalue weighted by Gasteiger charge is -2.39. The van der Waals surface area contributed by atoms with Crippen LogP contribution >= 0.6 is 0 Å². The Labute approximate surface area is 331 Å². The summed E-state index contributed by atoms with van der Waals surface area (Å²) >= 11 is 0. The molecule has 0 spiro atoms. The molecule has 0 N–H and O–H groups in total. The highest BCUT2D eigenvalue weighted by Crippen LogP contribution is 2.35. The first-order valence-electron chi connectivity index (χ1n) is 29.1. The van der Waals surface area contributed by atoms with E-state index in [-0.39, 0.29) is 0 Å². The maximum absolute atomic E-state index is 10.4. The maximum Gasteiger partial charge on any atom is 0.184 e. The highest BCUT2D eigenvalue weighted by molar-refractivity contribution is 7.21. The van der Waals surface area contributed by atoms with Crippen molar-refractivity contribution < 1.29 is 39.8 Å². The lowest BCUT2D eigenvalue weighted by molar-refractivity contribution is 1.07. The molecule has 2 aromatic heterocycles. The topological polar surface area (TPSA) is 43.6 Å². The monoisotopic (exact) mass is 683 g/mol. The van der Waals surface area contributed by atoms with Gasteiger partial charge in [-0.25, -0.2) is 15.0 Å². The molecule has 9 aromatic rings. The fourth-order valence-electron chi connectivity index (χ4n) is 6.11. The summed E-state index contributed by atoms with van der Waals surface area (Å²) < 4.78 is 265. The van der Waals surface area contributed by atoms with Crippen LogP contribution in [0, 0.1) is 0 Å². The lowest BCUT2D eigenvalue weighted by atomic mass is 10.1. The Morgan fingerprint density at radius 2 is 1.00 bits per heavy atom. The summed E-state index contributed by atoms with van der Waals surface area (Å²) in [6.07, 6.45) is 0. The van der Waals surface area contributed by atoms with Crippen LogP contribution in [0.2, 0.25) is 0 Å². The van der Waals surface area contributed by atoms with Crippen molar-refractivity contribution in [3.8, 4) is 39.9 Å². The summed E-state index contributed by atoms with van der Waals surface area (Å²) in [5, 5.41) is -4.79. The Morgan fingerprint density at radius 1 is 0.440 bits per heavy atom. The normalized spacial score (nSPS) is 23.0. The zero-order valence-electron chi connectivity index (χ0n) is 53.9. The number of fused-ring (bicyclic) bond motifs is 5. The highest BCUT2D eigenvalue weighted by atomic mass is 28.3. The van der Waals surface area contributed by atoms with Crippen LogP contribution in [0.25, 0.3) is 61.7 Å². The lowest BCUT2D eigenvalue weighted by Crippen LogP contribution is -2.76. The molecule has 10 rings (SSSR count). The Hall–Kier alpha value is -6.43. The van der Waals surface area contributed by atoms with E-state index < -0.39 is 266 Å². The minimum absolute atomic E-state index is 0.541. The van der Waals surface area contributed by atoms with E-state index >= 15 is 0 Å². The van der Waals surface area contributed by atoms with E-state index in [0.29, 0.717) is 0 Å². The van der Waals surface area contributed by atoms with Crippen LogP contribution in [0.5, 0.6) is 0 Å². The fourth-order valence-corrected chi connectivity index (χ4v) is 10.3. The molecule has 50 heavy (non-hydrogen) atoms. The van der Waals surface area contributed by atoms with Gasteiger partial charge < -0.3 is 4.57 Å². The molecule has 0 saturated carbocycles. The second kappa shape index (κ2) is 11.3. The van der Waals surface area contributed by atoms with Crippen LogP contribution in [0.15, 0.2) is 181 Å². The maximum atomic E-state index is 10.4. The van der Waals surface area contributed by atoms with Crippen LogP contribution in [-0.2, 0) is 0 Å². The molecule has 1 unspecified atom stereocenters. The molecule has 7 aromatic carbocycles. The SMILES string of the molecule is [2H]c1cc([2H])c(-c2nc(-c3c([2H])c([2H])c([2H])c([2H])c3[2H])nc(-c3c([2H])c([2H])c([2H])c([Si]4(c5c([2H])c([2H])c([2H])c([2H])c5[2H])c5c([2H])c([2H])c([2H])c([2H])c5-n5c6c([2H])c([2H])c([2H])c([2H])c6c6c([2H])c([2H])c([2H])c4c65)c3[2H])n2)c([2H])c1[2H]. The molecule has 1 aliphatic rings. The van der Waals surface area contributed by atoms with Gasteiger partial charge in [-0.05, 0) is 32.8 Å². The molecule has 234 valence electrons. The van der Waals surface area contributed by atoms with Crippen LogP contribution in [0.4, 0.5) is 0 Å². The third kappa shape index (κ3) is 4.20. The molecule has 5 heteroatoms. The van der Waals surface area contributed by atoms with Gasteiger partial charge in [-0.15, -0.1) is 0 Å². The molecule has 0 fully saturated rings. The summed E-state index contributed by atoms with van der Waals surface area (Å²) in [7, 11) is -6.19. The van der Waals surface area contributed by atoms with Gasteiger partial charge in [0.1, 0.15) is 0 Å². The van der Waals surface area contributed by atoms with E-state index in [1.165, 1.54) is 0 Å². The molecule has 0 radical (unpaired) electrons. The standard InChI is InChI=1S/C45H30N4Si/c1-4-16-31(17-5-1)43-46-44(32-18-6-2-7-19-32)48-45(47-43)33-20-14-23-35(30-33)50(34-21-8-3-9-22-34)40-28-13-12-27-39(40)49-38-26-11-10-24-36(38)37-25-15-29-41(50)42(37)49/h1-30H/i1D,2D,3D,4D,5D,6D,8D,9D,10D,11D,12D,13D,14D,15D,16D,17D,18D,19D,20D,21D,22D,23D,24D,25D,26D,27D,28D,29D,30D. The van der Waals surface area contributed by atoms with E-state index in [1.54, 1.807) is 0 Å². The van der Waals surface area contributed by atoms with Crippen LogP contribution in [0.1, 0.15) is 39.8 Å². The number of hydrogen-bond donors (Lipinski definition) is 0. The molecule has 0 aliphatic carbocycles. The van der Waals surface area contributed by atoms with Gasteiger partial charge in [0.15, 0.2) is 25.5 Å². The van der Waals surface area contributed by atoms with E-state index in [9.17, 15) is 16.4 Å². The van der Waals surface area contributed by atoms with Gasteiger partial charge in [0.25, 0.3) is 0 Å². The van der Waals surface area contributed by atoms with Crippen molar-refractivity contribution in [1.29, 1.82) is 0 Å². The molecular formula is C45H30N4Si. The van der Waals surface area contributed by atoms with Crippen LogP contribution in [-0.4, -0.2) is 27.6 Å². The number of benzene rings is 7. The molecule has 0 amide bonds. The molecule has 1 aliphatic heterocycles. The molecule has 0 bridgehead atoms. The number of nitrogens with zero attached hydrogens (tertiary/aromatic N) is 4. The first kappa shape index (κ1) is 11.9. The van der Waals surface area contributed by atoms with E-state index in [1.807, 2.05) is 0 Å². The Balaban J connectivity index is 1.55. The summed E-state index contributed by atoms with van der Waals surface area (Å²) in [6, 6.07) is -28.1. The first-order valence-corrected chi connectivity index (χ1v) is 16.6. The number of rotatable bonds is 5. The van der Waals surface area contributed by atoms with Crippen molar-refractivity contribution >= 4 is 50.6 Å². The summed E-state index contributed by atoms with van der Waals surface area (Å²) in [4.78, 5) is 13.0. The van der Waals surface area contributed by atoms with Crippen molar-refractivity contribution in [2.24, 2.45) is 0 Å². The molecule has 0 saturated heterocycles. The molecular weight excluding hydrogens is 625 g/mol. The summed E-state index contributed by atoms with van der Waals surface area (Å²) in [6.45, 7) is 0. The third-order valence-electron chi connectivity index (χ3n) is 8.08. The predicted octanol–water partition coefficient (Wildman–Crippen LogP) is 7.66. The van der Waals surface area contributed by atoms with Crippen molar-refractivity contribution in [1.82, 2.24) is 19.5 Å². The Kier molecular flexibility index (Phi) is 2.69. The van der Waals surface area contributed by atoms with Gasteiger partial charge in [0.2, 0.25) is 0 Å². The zero-order chi connectivity index (χ0) is 58.3. The fraction of sp³-hybridized carbons (Fsp3) is 0. The smallest absolute Gasteiger partial charge is 0.184 e. The van der Waals surface area contributed by atoms with Gasteiger partial charge in [-0.1, -0.05) is 169 Å². The summed E-state index contributed by atoms with van der Waals surface area (Å²) in [5.41, 5.74) is -4.42. The minimum atomic E-state index is -6.19. The largest absolute Gasteiger partial charge is 0.309 e. The van der Waals surface area contributed by atoms with E-state index in [2.05, 4.69) is 15.0 Å². The third-order valence-corrected chi connectivity index (χ3v) is 12.3. The Bertz CT molecular complexity index is 4330. The number of para-hydroxylation sites is 3. The van der Waals surface area contributed by atoms with Gasteiger partial charge in [-0.3, -0.25) is 0 Å². The van der Waals surface area contributed by atoms with Crippen molar-refractivity contribution in [3.63, 3.8) is 0 Å². The highest BCUT2D eigenvalue weighted by Gasteiger charge is 2.47. The zero-order valence-corrected chi connectivity index (χ0v) is 25.9. The van der Waals surface area contributed by atoms with Gasteiger partial charge in [0, 0.05) is 33.2 Å². The average molecular weight is 684 g/mol. The molecule has 1 atom stereocenters.